The number of aryl methyl sites for hydroxylation is 1. The third-order valence-corrected chi connectivity index (χ3v) is 8.68. The lowest BCUT2D eigenvalue weighted by Crippen LogP contribution is -2.32. The molecule has 0 saturated heterocycles. The van der Waals surface area contributed by atoms with Gasteiger partial charge in [-0.25, -0.2) is 8.42 Å². The largest absolute Gasteiger partial charge is 0.378 e. The van der Waals surface area contributed by atoms with Crippen LogP contribution in [0, 0.1) is 12.8 Å². The highest BCUT2D eigenvalue weighted by molar-refractivity contribution is 7.92. The van der Waals surface area contributed by atoms with Gasteiger partial charge in [-0.15, -0.1) is 0 Å². The van der Waals surface area contributed by atoms with E-state index in [4.69, 9.17) is 0 Å². The topological polar surface area (TPSA) is 49.4 Å². The number of hydrogen-bond donors (Lipinski definition) is 1. The first-order valence-corrected chi connectivity index (χ1v) is 12.6. The summed E-state index contributed by atoms with van der Waals surface area (Å²) in [6.07, 6.45) is 5.47. The van der Waals surface area contributed by atoms with Crippen molar-refractivity contribution < 1.29 is 8.42 Å². The minimum atomic E-state index is -3.66. The predicted molar refractivity (Wildman–Crippen MR) is 131 cm³/mol. The van der Waals surface area contributed by atoms with Gasteiger partial charge in [-0.3, -0.25) is 4.31 Å². The fraction of sp³-hybridized carbons (Fsp3) is 0.259. The fourth-order valence-electron chi connectivity index (χ4n) is 5.19. The third kappa shape index (κ3) is 3.41. The van der Waals surface area contributed by atoms with Crippen molar-refractivity contribution in [3.05, 3.63) is 102 Å². The second kappa shape index (κ2) is 8.14. The van der Waals surface area contributed by atoms with Gasteiger partial charge >= 0.3 is 0 Å². The molecule has 0 aromatic heterocycles. The maximum Gasteiger partial charge on any atom is 0.264 e. The first-order valence-electron chi connectivity index (χ1n) is 11.2. The van der Waals surface area contributed by atoms with Gasteiger partial charge in [0.2, 0.25) is 0 Å². The summed E-state index contributed by atoms with van der Waals surface area (Å²) in [5.74, 6) is 0.579. The van der Waals surface area contributed by atoms with Crippen LogP contribution in [0.1, 0.15) is 42.0 Å². The Balaban J connectivity index is 1.55. The number of fused-ring (bicyclic) bond motifs is 3. The van der Waals surface area contributed by atoms with E-state index < -0.39 is 10.0 Å². The Morgan fingerprint density at radius 3 is 2.47 bits per heavy atom. The summed E-state index contributed by atoms with van der Waals surface area (Å²) >= 11 is 0. The van der Waals surface area contributed by atoms with Crippen molar-refractivity contribution in [2.24, 2.45) is 5.92 Å². The average molecular weight is 445 g/mol. The van der Waals surface area contributed by atoms with Gasteiger partial charge in [0.25, 0.3) is 10.0 Å². The van der Waals surface area contributed by atoms with E-state index in [0.29, 0.717) is 23.0 Å². The lowest BCUT2D eigenvalue weighted by Gasteiger charge is -2.38. The molecule has 5 heteroatoms. The molecule has 3 aromatic rings. The number of nitrogens with zero attached hydrogens (tertiary/aromatic N) is 1. The molecule has 3 aromatic carbocycles. The second-order valence-corrected chi connectivity index (χ2v) is 10.4. The molecule has 1 aliphatic heterocycles. The zero-order chi connectivity index (χ0) is 22.3. The average Bonchev–Trinajstić information content (AvgIpc) is 3.30. The van der Waals surface area contributed by atoms with Crippen molar-refractivity contribution in [1.82, 2.24) is 0 Å². The molecular formula is C27H28N2O2S. The number of para-hydroxylation sites is 1. The van der Waals surface area contributed by atoms with Gasteiger partial charge in [0.05, 0.1) is 16.6 Å². The smallest absolute Gasteiger partial charge is 0.264 e. The van der Waals surface area contributed by atoms with Gasteiger partial charge in [-0.05, 0) is 73.2 Å². The summed E-state index contributed by atoms with van der Waals surface area (Å²) in [4.78, 5) is 0.345. The number of sulfonamides is 1. The lowest BCUT2D eigenvalue weighted by molar-refractivity contribution is 0.424. The zero-order valence-corrected chi connectivity index (χ0v) is 19.2. The molecular weight excluding hydrogens is 416 g/mol. The molecule has 0 saturated carbocycles. The minimum Gasteiger partial charge on any atom is -0.378 e. The first-order chi connectivity index (χ1) is 15.5. The van der Waals surface area contributed by atoms with Crippen molar-refractivity contribution in [3.8, 4) is 0 Å². The van der Waals surface area contributed by atoms with Crippen LogP contribution in [0.2, 0.25) is 0 Å². The number of hydrogen-bond acceptors (Lipinski definition) is 3. The summed E-state index contributed by atoms with van der Waals surface area (Å²) in [6.45, 7) is 4.40. The molecule has 3 atom stereocenters. The molecule has 164 valence electrons. The molecule has 5 rings (SSSR count). The number of benzene rings is 3. The van der Waals surface area contributed by atoms with Crippen molar-refractivity contribution in [2.75, 3.05) is 16.2 Å². The maximum atomic E-state index is 13.6. The summed E-state index contributed by atoms with van der Waals surface area (Å²) in [6, 6.07) is 23.6. The monoisotopic (exact) mass is 444 g/mol. The Bertz CT molecular complexity index is 1270. The van der Waals surface area contributed by atoms with Crippen LogP contribution >= 0.6 is 0 Å². The van der Waals surface area contributed by atoms with Crippen LogP contribution in [0.4, 0.5) is 11.4 Å². The predicted octanol–water partition coefficient (Wildman–Crippen LogP) is 6.04. The quantitative estimate of drug-likeness (QED) is 0.488. The SMILES string of the molecule is CCN(c1ccccc1)S(=O)(=O)c1ccc2c(c1)C1C=CCC1C(c1ccccc1C)N2. The molecule has 0 bridgehead atoms. The number of rotatable bonds is 5. The van der Waals surface area contributed by atoms with Crippen LogP contribution in [-0.4, -0.2) is 15.0 Å². The van der Waals surface area contributed by atoms with Gasteiger partial charge in [0.1, 0.15) is 0 Å². The molecule has 4 nitrogen and oxygen atoms in total. The van der Waals surface area contributed by atoms with Crippen molar-refractivity contribution >= 4 is 21.4 Å². The molecule has 0 radical (unpaired) electrons. The van der Waals surface area contributed by atoms with Gasteiger partial charge < -0.3 is 5.32 Å². The van der Waals surface area contributed by atoms with Crippen molar-refractivity contribution in [1.29, 1.82) is 0 Å². The Morgan fingerprint density at radius 1 is 0.969 bits per heavy atom. The lowest BCUT2D eigenvalue weighted by atomic mass is 9.76. The summed E-state index contributed by atoms with van der Waals surface area (Å²) in [7, 11) is -3.66. The van der Waals surface area contributed by atoms with E-state index in [1.807, 2.05) is 49.4 Å². The van der Waals surface area contributed by atoms with E-state index >= 15 is 0 Å². The van der Waals surface area contributed by atoms with E-state index in [0.717, 1.165) is 17.7 Å². The minimum absolute atomic E-state index is 0.206. The van der Waals surface area contributed by atoms with E-state index in [-0.39, 0.29) is 12.0 Å². The zero-order valence-electron chi connectivity index (χ0n) is 18.4. The van der Waals surface area contributed by atoms with Crippen molar-refractivity contribution in [3.63, 3.8) is 0 Å². The normalized spacial score (nSPS) is 21.5. The van der Waals surface area contributed by atoms with Crippen LogP contribution in [0.3, 0.4) is 0 Å². The molecule has 0 amide bonds. The maximum absolute atomic E-state index is 13.6. The van der Waals surface area contributed by atoms with Crippen LogP contribution in [0.25, 0.3) is 0 Å². The van der Waals surface area contributed by atoms with Crippen LogP contribution in [-0.2, 0) is 10.0 Å². The molecule has 1 aliphatic carbocycles. The van der Waals surface area contributed by atoms with Crippen LogP contribution < -0.4 is 9.62 Å². The highest BCUT2D eigenvalue weighted by atomic mass is 32.2. The molecule has 1 heterocycles. The molecule has 32 heavy (non-hydrogen) atoms. The van der Waals surface area contributed by atoms with Crippen molar-refractivity contribution in [2.45, 2.75) is 37.1 Å². The molecule has 0 fully saturated rings. The van der Waals surface area contributed by atoms with Gasteiger partial charge in [0.15, 0.2) is 0 Å². The summed E-state index contributed by atoms with van der Waals surface area (Å²) in [5, 5.41) is 3.73. The highest BCUT2D eigenvalue weighted by Gasteiger charge is 2.39. The summed E-state index contributed by atoms with van der Waals surface area (Å²) in [5.41, 5.74) is 5.37. The van der Waals surface area contributed by atoms with Crippen LogP contribution in [0.5, 0.6) is 0 Å². The molecule has 3 unspecified atom stereocenters. The van der Waals surface area contributed by atoms with E-state index in [9.17, 15) is 8.42 Å². The Morgan fingerprint density at radius 2 is 1.72 bits per heavy atom. The van der Waals surface area contributed by atoms with Crippen LogP contribution in [0.15, 0.2) is 89.8 Å². The Labute approximate surface area is 190 Å². The highest BCUT2D eigenvalue weighted by Crippen LogP contribution is 2.50. The summed E-state index contributed by atoms with van der Waals surface area (Å²) < 4.78 is 28.6. The van der Waals surface area contributed by atoms with E-state index in [2.05, 4.69) is 48.7 Å². The fourth-order valence-corrected chi connectivity index (χ4v) is 6.70. The molecule has 1 N–H and O–H groups in total. The van der Waals surface area contributed by atoms with E-state index in [1.54, 1.807) is 6.07 Å². The van der Waals surface area contributed by atoms with Gasteiger partial charge in [-0.1, -0.05) is 54.6 Å². The molecule has 2 aliphatic rings. The standard InChI is InChI=1S/C27H28N2O2S/c1-3-29(20-11-5-4-6-12-20)32(30,31)21-16-17-26-25(18-21)23-14-9-15-24(23)27(28-26)22-13-8-7-10-19(22)2/h4-14,16-18,23-24,27-28H,3,15H2,1-2H3. The molecule has 0 spiro atoms. The Kier molecular flexibility index (Phi) is 5.30. The first kappa shape index (κ1) is 20.8. The Hall–Kier alpha value is -3.05. The number of nitrogens with one attached hydrogen (secondary N) is 1. The third-order valence-electron chi connectivity index (χ3n) is 6.78. The van der Waals surface area contributed by atoms with Gasteiger partial charge in [0, 0.05) is 18.2 Å². The number of anilines is 2. The number of allylic oxidation sites excluding steroid dienone is 2. The van der Waals surface area contributed by atoms with Gasteiger partial charge in [-0.2, -0.15) is 0 Å². The second-order valence-electron chi connectivity index (χ2n) is 8.59. The van der Waals surface area contributed by atoms with E-state index in [1.165, 1.54) is 15.4 Å².